The van der Waals surface area contributed by atoms with Crippen LogP contribution in [-0.4, -0.2) is 110 Å². The van der Waals surface area contributed by atoms with Gasteiger partial charge in [0, 0.05) is 0 Å². The number of aliphatic hydroxyl groups is 7. The Morgan fingerprint density at radius 3 is 1.14 bits per heavy atom. The van der Waals surface area contributed by atoms with Crippen LogP contribution in [0.4, 0.5) is 0 Å². The molecule has 83 heavy (non-hydrogen) atoms. The van der Waals surface area contributed by atoms with Gasteiger partial charge in [-0.05, 0) is 83.5 Å². The lowest BCUT2D eigenvalue weighted by molar-refractivity contribution is -0.303. The van der Waals surface area contributed by atoms with Crippen molar-refractivity contribution in [2.45, 2.75) is 390 Å². The number of amides is 1. The molecular weight excluding hydrogens is 1040 g/mol. The summed E-state index contributed by atoms with van der Waals surface area (Å²) in [7, 11) is 0. The molecule has 0 bridgehead atoms. The zero-order valence-electron chi connectivity index (χ0n) is 53.9. The van der Waals surface area contributed by atoms with Gasteiger partial charge in [-0.15, -0.1) is 0 Å². The highest BCUT2D eigenvalue weighted by Gasteiger charge is 2.44. The van der Waals surface area contributed by atoms with Crippen LogP contribution >= 0.6 is 0 Å². The molecule has 1 rings (SSSR count). The second kappa shape index (κ2) is 60.4. The Kier molecular flexibility index (Phi) is 57.5. The molecule has 488 valence electrons. The normalized spacial score (nSPS) is 19.3. The Morgan fingerprint density at radius 2 is 0.759 bits per heavy atom. The molecule has 9 atom stereocenters. The molecule has 0 saturated carbocycles. The Bertz CT molecular complexity index is 1490. The van der Waals surface area contributed by atoms with Gasteiger partial charge in [0.15, 0.2) is 6.29 Å². The van der Waals surface area contributed by atoms with Gasteiger partial charge in [0.25, 0.3) is 0 Å². The number of hydrogen-bond donors (Lipinski definition) is 8. The van der Waals surface area contributed by atoms with Gasteiger partial charge in [-0.3, -0.25) is 4.79 Å². The molecule has 1 amide bonds. The topological polar surface area (TPSA) is 189 Å². The van der Waals surface area contributed by atoms with E-state index in [2.05, 4.69) is 67.8 Å². The molecule has 9 unspecified atom stereocenters. The van der Waals surface area contributed by atoms with Gasteiger partial charge >= 0.3 is 0 Å². The van der Waals surface area contributed by atoms with Gasteiger partial charge in [-0.25, -0.2) is 0 Å². The average Bonchev–Trinajstić information content (AvgIpc) is 3.68. The number of ether oxygens (including phenoxy) is 2. The van der Waals surface area contributed by atoms with Crippen molar-refractivity contribution in [3.8, 4) is 0 Å². The van der Waals surface area contributed by atoms with Crippen LogP contribution < -0.4 is 5.32 Å². The summed E-state index contributed by atoms with van der Waals surface area (Å²) in [5, 5.41) is 76.4. The minimum atomic E-state index is -1.67. The summed E-state index contributed by atoms with van der Waals surface area (Å²) in [6.45, 7) is 3.48. The first-order valence-electron chi connectivity index (χ1n) is 35.5. The van der Waals surface area contributed by atoms with Gasteiger partial charge < -0.3 is 50.5 Å². The zero-order valence-corrected chi connectivity index (χ0v) is 53.9. The van der Waals surface area contributed by atoms with Gasteiger partial charge in [-0.2, -0.15) is 0 Å². The maximum atomic E-state index is 13.2. The molecule has 0 aromatic carbocycles. The van der Waals surface area contributed by atoms with Crippen LogP contribution in [0.5, 0.6) is 0 Å². The fourth-order valence-corrected chi connectivity index (χ4v) is 11.4. The summed E-state index contributed by atoms with van der Waals surface area (Å²) in [5.41, 5.74) is 0. The molecule has 1 heterocycles. The molecule has 0 radical (unpaired) electrons. The summed E-state index contributed by atoms with van der Waals surface area (Å²) in [6.07, 6.45) is 67.7. The standard InChI is InChI=1S/C72H135NO10/c1-3-5-7-9-11-13-15-17-19-21-23-25-27-28-29-30-31-32-33-34-35-36-37-38-40-42-44-46-48-50-52-54-56-58-60-65(76)71(81)73-63(62-82-72-70(80)69(79)68(78)66(61-74)83-72)67(77)64(75)59-57-55-53-51-49-47-45-43-41-39-26-24-22-20-18-16-14-12-10-8-6-4-2/h27-28,30-31,43,45,51,53,63-70,72,74-80H,3-26,29,32-42,44,46-50,52,54-62H2,1-2H3,(H,73,81)/b28-27-,31-30-,45-43+,53-51+. The van der Waals surface area contributed by atoms with Gasteiger partial charge in [0.1, 0.15) is 36.6 Å². The fourth-order valence-electron chi connectivity index (χ4n) is 11.4. The third-order valence-corrected chi connectivity index (χ3v) is 17.1. The van der Waals surface area contributed by atoms with E-state index in [1.807, 2.05) is 0 Å². The molecule has 11 nitrogen and oxygen atoms in total. The lowest BCUT2D eigenvalue weighted by Gasteiger charge is -2.40. The number of carbonyl (C=O) groups is 1. The Morgan fingerprint density at radius 1 is 0.422 bits per heavy atom. The van der Waals surface area contributed by atoms with Crippen LogP contribution in [-0.2, 0) is 14.3 Å². The second-order valence-electron chi connectivity index (χ2n) is 24.9. The first kappa shape index (κ1) is 79.1. The van der Waals surface area contributed by atoms with E-state index >= 15 is 0 Å². The Balaban J connectivity index is 2.20. The van der Waals surface area contributed by atoms with E-state index in [4.69, 9.17) is 9.47 Å². The number of hydrogen-bond acceptors (Lipinski definition) is 10. The molecule has 1 aliphatic rings. The number of nitrogens with one attached hydrogen (secondary N) is 1. The number of aliphatic hydroxyl groups excluding tert-OH is 7. The van der Waals surface area contributed by atoms with E-state index in [0.717, 1.165) is 44.9 Å². The third-order valence-electron chi connectivity index (χ3n) is 17.1. The number of unbranched alkanes of at least 4 members (excludes halogenated alkanes) is 42. The first-order valence-corrected chi connectivity index (χ1v) is 35.5. The maximum Gasteiger partial charge on any atom is 0.249 e. The molecular formula is C72H135NO10. The number of allylic oxidation sites excluding steroid dienone is 8. The van der Waals surface area contributed by atoms with Gasteiger partial charge in [-0.1, -0.05) is 300 Å². The van der Waals surface area contributed by atoms with Crippen LogP contribution in [0.2, 0.25) is 0 Å². The lowest BCUT2D eigenvalue weighted by atomic mass is 9.98. The predicted molar refractivity (Wildman–Crippen MR) is 348 cm³/mol. The molecule has 1 saturated heterocycles. The maximum absolute atomic E-state index is 13.2. The highest BCUT2D eigenvalue weighted by molar-refractivity contribution is 5.80. The molecule has 1 aliphatic heterocycles. The van der Waals surface area contributed by atoms with Crippen LogP contribution in [0.1, 0.15) is 335 Å². The molecule has 8 N–H and O–H groups in total. The summed E-state index contributed by atoms with van der Waals surface area (Å²) in [5.74, 6) is -0.707. The smallest absolute Gasteiger partial charge is 0.249 e. The third kappa shape index (κ3) is 47.8. The Hall–Kier alpha value is -1.93. The van der Waals surface area contributed by atoms with Crippen LogP contribution in [0, 0.1) is 0 Å². The van der Waals surface area contributed by atoms with E-state index in [9.17, 15) is 40.5 Å². The molecule has 1 fully saturated rings. The largest absolute Gasteiger partial charge is 0.394 e. The second-order valence-corrected chi connectivity index (χ2v) is 24.9. The average molecular weight is 1170 g/mol. The lowest BCUT2D eigenvalue weighted by Crippen LogP contribution is -2.60. The van der Waals surface area contributed by atoms with Crippen molar-refractivity contribution in [2.24, 2.45) is 0 Å². The Labute approximate surface area is 510 Å². The van der Waals surface area contributed by atoms with Crippen molar-refractivity contribution in [1.29, 1.82) is 0 Å². The van der Waals surface area contributed by atoms with Crippen molar-refractivity contribution in [3.63, 3.8) is 0 Å². The van der Waals surface area contributed by atoms with Gasteiger partial charge in [0.2, 0.25) is 5.91 Å². The minimum Gasteiger partial charge on any atom is -0.394 e. The zero-order chi connectivity index (χ0) is 60.3. The molecule has 0 spiro atoms. The van der Waals surface area contributed by atoms with Gasteiger partial charge in [0.05, 0.1) is 25.4 Å². The SMILES string of the molecule is CCCCCCCCCCCCC/C=C\C/C=C\CCCCCCCCCCCCCCCCCCC(O)C(=O)NC(COC1OC(CO)C(O)C(O)C1O)C(O)C(O)CCC/C=C/CC/C=C/CCCCCCCCCCCCCCC. The number of rotatable bonds is 62. The van der Waals surface area contributed by atoms with Crippen molar-refractivity contribution < 1.29 is 50.0 Å². The molecule has 0 aromatic rings. The fraction of sp³-hybridized carbons (Fsp3) is 0.875. The molecule has 0 aliphatic carbocycles. The van der Waals surface area contributed by atoms with Crippen molar-refractivity contribution in [2.75, 3.05) is 13.2 Å². The highest BCUT2D eigenvalue weighted by atomic mass is 16.7. The van der Waals surface area contributed by atoms with E-state index in [-0.39, 0.29) is 12.8 Å². The van der Waals surface area contributed by atoms with E-state index in [1.165, 1.54) is 244 Å². The van der Waals surface area contributed by atoms with E-state index in [1.54, 1.807) is 0 Å². The first-order chi connectivity index (χ1) is 40.7. The molecule has 11 heteroatoms. The monoisotopic (exact) mass is 1170 g/mol. The quantitative estimate of drug-likeness (QED) is 0.0215. The highest BCUT2D eigenvalue weighted by Crippen LogP contribution is 2.24. The summed E-state index contributed by atoms with van der Waals surface area (Å²) in [6, 6.07) is -1.19. The summed E-state index contributed by atoms with van der Waals surface area (Å²) >= 11 is 0. The van der Waals surface area contributed by atoms with E-state index < -0.39 is 74.2 Å². The van der Waals surface area contributed by atoms with Crippen molar-refractivity contribution in [1.82, 2.24) is 5.32 Å². The van der Waals surface area contributed by atoms with Crippen LogP contribution in [0.15, 0.2) is 48.6 Å². The van der Waals surface area contributed by atoms with Crippen LogP contribution in [0.3, 0.4) is 0 Å². The summed E-state index contributed by atoms with van der Waals surface area (Å²) < 4.78 is 11.2. The predicted octanol–water partition coefficient (Wildman–Crippen LogP) is 17.1. The summed E-state index contributed by atoms with van der Waals surface area (Å²) in [4.78, 5) is 13.2. The van der Waals surface area contributed by atoms with Crippen molar-refractivity contribution >= 4 is 5.91 Å². The van der Waals surface area contributed by atoms with E-state index in [0.29, 0.717) is 19.3 Å². The number of carbonyl (C=O) groups excluding carboxylic acids is 1. The van der Waals surface area contributed by atoms with Crippen LogP contribution in [0.25, 0.3) is 0 Å². The minimum absolute atomic E-state index is 0.247. The molecule has 0 aromatic heterocycles. The van der Waals surface area contributed by atoms with Crippen molar-refractivity contribution in [3.05, 3.63) is 48.6 Å².